The van der Waals surface area contributed by atoms with Crippen molar-refractivity contribution < 1.29 is 19.1 Å². The van der Waals surface area contributed by atoms with Crippen LogP contribution in [0.1, 0.15) is 20.3 Å². The zero-order valence-electron chi connectivity index (χ0n) is 12.8. The molecule has 3 aliphatic rings. The van der Waals surface area contributed by atoms with Gasteiger partial charge in [-0.2, -0.15) is 0 Å². The van der Waals surface area contributed by atoms with Gasteiger partial charge in [-0.05, 0) is 12.3 Å². The Kier molecular flexibility index (Phi) is 4.17. The van der Waals surface area contributed by atoms with E-state index in [1.54, 1.807) is 0 Å². The fourth-order valence-corrected chi connectivity index (χ4v) is 3.46. The quantitative estimate of drug-likeness (QED) is 0.742. The van der Waals surface area contributed by atoms with E-state index in [1.807, 2.05) is 9.80 Å². The van der Waals surface area contributed by atoms with Crippen LogP contribution in [-0.4, -0.2) is 73.2 Å². The Balaban J connectivity index is 1.67. The van der Waals surface area contributed by atoms with Gasteiger partial charge in [0, 0.05) is 26.2 Å². The zero-order chi connectivity index (χ0) is 15.0. The highest BCUT2D eigenvalue weighted by atomic mass is 16.5. The summed E-state index contributed by atoms with van der Waals surface area (Å²) in [6.45, 7) is 7.48. The molecule has 0 spiro atoms. The van der Waals surface area contributed by atoms with Gasteiger partial charge in [0.15, 0.2) is 0 Å². The monoisotopic (exact) mass is 296 g/mol. The summed E-state index contributed by atoms with van der Waals surface area (Å²) in [5.74, 6) is 0.603. The number of hydrogen-bond donors (Lipinski definition) is 0. The maximum Gasteiger partial charge on any atom is 0.248 e. The molecule has 0 aliphatic carbocycles. The maximum absolute atomic E-state index is 12.5. The number of ether oxygens (including phenoxy) is 2. The summed E-state index contributed by atoms with van der Waals surface area (Å²) in [6, 6.07) is 0.0138. The first kappa shape index (κ1) is 14.8. The predicted octanol–water partition coefficient (Wildman–Crippen LogP) is 0.117. The van der Waals surface area contributed by atoms with Crippen molar-refractivity contribution in [2.24, 2.45) is 11.8 Å². The molecule has 3 rings (SSSR count). The average molecular weight is 296 g/mol. The van der Waals surface area contributed by atoms with Gasteiger partial charge >= 0.3 is 0 Å². The summed E-state index contributed by atoms with van der Waals surface area (Å²) in [5, 5.41) is 0. The fraction of sp³-hybridized carbons (Fsp3) is 0.867. The van der Waals surface area contributed by atoms with E-state index in [9.17, 15) is 9.59 Å². The molecule has 6 nitrogen and oxygen atoms in total. The number of hydrogen-bond acceptors (Lipinski definition) is 4. The molecule has 0 bridgehead atoms. The highest BCUT2D eigenvalue weighted by Gasteiger charge is 2.45. The van der Waals surface area contributed by atoms with E-state index in [-0.39, 0.29) is 36.5 Å². The standard InChI is InChI=1S/C15H24N2O4/c1-10(2)5-17-12-6-16(7-13(12)21-9-14(17)18)15(19)11-3-4-20-8-11/h10-13H,3-9H2,1-2H3/t11?,12-,13-/m1/s1. The van der Waals surface area contributed by atoms with Gasteiger partial charge in [-0.25, -0.2) is 0 Å². The first-order chi connectivity index (χ1) is 10.1. The summed E-state index contributed by atoms with van der Waals surface area (Å²) in [5.41, 5.74) is 0. The van der Waals surface area contributed by atoms with Crippen LogP contribution in [0.4, 0.5) is 0 Å². The first-order valence-corrected chi connectivity index (χ1v) is 7.84. The smallest absolute Gasteiger partial charge is 0.248 e. The predicted molar refractivity (Wildman–Crippen MR) is 75.6 cm³/mol. The Bertz CT molecular complexity index is 420. The van der Waals surface area contributed by atoms with Crippen LogP contribution >= 0.6 is 0 Å². The van der Waals surface area contributed by atoms with E-state index in [0.29, 0.717) is 32.2 Å². The van der Waals surface area contributed by atoms with Gasteiger partial charge < -0.3 is 19.3 Å². The Morgan fingerprint density at radius 3 is 2.86 bits per heavy atom. The largest absolute Gasteiger partial charge is 0.381 e. The summed E-state index contributed by atoms with van der Waals surface area (Å²) in [4.78, 5) is 28.3. The third-order valence-corrected chi connectivity index (χ3v) is 4.53. The lowest BCUT2D eigenvalue weighted by atomic mass is 10.1. The van der Waals surface area contributed by atoms with Gasteiger partial charge in [-0.3, -0.25) is 9.59 Å². The molecule has 3 aliphatic heterocycles. The second-order valence-electron chi connectivity index (χ2n) is 6.66. The number of likely N-dealkylation sites (tertiary alicyclic amines) is 1. The molecule has 3 saturated heterocycles. The Labute approximate surface area is 125 Å². The van der Waals surface area contributed by atoms with E-state index in [0.717, 1.165) is 13.0 Å². The molecule has 3 heterocycles. The molecular formula is C15H24N2O4. The van der Waals surface area contributed by atoms with Gasteiger partial charge in [0.2, 0.25) is 11.8 Å². The van der Waals surface area contributed by atoms with Crippen LogP contribution in [0.3, 0.4) is 0 Å². The Hall–Kier alpha value is -1.14. The number of morpholine rings is 1. The van der Waals surface area contributed by atoms with Gasteiger partial charge in [-0.15, -0.1) is 0 Å². The van der Waals surface area contributed by atoms with Crippen molar-refractivity contribution in [3.63, 3.8) is 0 Å². The Morgan fingerprint density at radius 2 is 2.19 bits per heavy atom. The molecule has 6 heteroatoms. The number of rotatable bonds is 3. The van der Waals surface area contributed by atoms with Crippen LogP contribution in [0, 0.1) is 11.8 Å². The van der Waals surface area contributed by atoms with Crippen molar-refractivity contribution in [3.05, 3.63) is 0 Å². The number of amides is 2. The minimum absolute atomic E-state index is 0.0138. The molecule has 118 valence electrons. The molecule has 0 aromatic heterocycles. The summed E-state index contributed by atoms with van der Waals surface area (Å²) >= 11 is 0. The van der Waals surface area contributed by atoms with Crippen molar-refractivity contribution in [2.45, 2.75) is 32.4 Å². The molecule has 2 amide bonds. The second-order valence-corrected chi connectivity index (χ2v) is 6.66. The first-order valence-electron chi connectivity index (χ1n) is 7.84. The van der Waals surface area contributed by atoms with Gasteiger partial charge in [0.1, 0.15) is 6.61 Å². The summed E-state index contributed by atoms with van der Waals surface area (Å²) in [7, 11) is 0. The minimum atomic E-state index is -0.0345. The number of fused-ring (bicyclic) bond motifs is 1. The van der Waals surface area contributed by atoms with Crippen LogP contribution < -0.4 is 0 Å². The van der Waals surface area contributed by atoms with Crippen LogP contribution in [-0.2, 0) is 19.1 Å². The van der Waals surface area contributed by atoms with Crippen molar-refractivity contribution in [3.8, 4) is 0 Å². The van der Waals surface area contributed by atoms with Gasteiger partial charge in [-0.1, -0.05) is 13.8 Å². The van der Waals surface area contributed by atoms with Gasteiger partial charge in [0.25, 0.3) is 0 Å². The molecule has 0 aromatic carbocycles. The second kappa shape index (κ2) is 5.93. The van der Waals surface area contributed by atoms with Crippen molar-refractivity contribution in [1.29, 1.82) is 0 Å². The lowest BCUT2D eigenvalue weighted by Gasteiger charge is -2.37. The van der Waals surface area contributed by atoms with Crippen LogP contribution in [0.2, 0.25) is 0 Å². The minimum Gasteiger partial charge on any atom is -0.381 e. The molecular weight excluding hydrogens is 272 g/mol. The van der Waals surface area contributed by atoms with Crippen molar-refractivity contribution >= 4 is 11.8 Å². The molecule has 0 saturated carbocycles. The highest BCUT2D eigenvalue weighted by molar-refractivity contribution is 5.81. The normalized spacial score (nSPS) is 32.9. The molecule has 21 heavy (non-hydrogen) atoms. The van der Waals surface area contributed by atoms with E-state index >= 15 is 0 Å². The Morgan fingerprint density at radius 1 is 1.38 bits per heavy atom. The molecule has 0 radical (unpaired) electrons. The summed E-state index contributed by atoms with van der Waals surface area (Å²) in [6.07, 6.45) is 0.771. The lowest BCUT2D eigenvalue weighted by Crippen LogP contribution is -2.55. The fourth-order valence-electron chi connectivity index (χ4n) is 3.46. The third kappa shape index (κ3) is 2.92. The third-order valence-electron chi connectivity index (χ3n) is 4.53. The summed E-state index contributed by atoms with van der Waals surface area (Å²) < 4.78 is 11.0. The van der Waals surface area contributed by atoms with Crippen LogP contribution in [0.5, 0.6) is 0 Å². The van der Waals surface area contributed by atoms with Crippen molar-refractivity contribution in [2.75, 3.05) is 39.5 Å². The van der Waals surface area contributed by atoms with Crippen LogP contribution in [0.25, 0.3) is 0 Å². The van der Waals surface area contributed by atoms with Gasteiger partial charge in [0.05, 0.1) is 24.7 Å². The number of carbonyl (C=O) groups is 2. The number of nitrogens with zero attached hydrogens (tertiary/aromatic N) is 2. The van der Waals surface area contributed by atoms with E-state index in [4.69, 9.17) is 9.47 Å². The van der Waals surface area contributed by atoms with E-state index < -0.39 is 0 Å². The average Bonchev–Trinajstić information content (AvgIpc) is 3.09. The number of carbonyl (C=O) groups excluding carboxylic acids is 2. The van der Waals surface area contributed by atoms with Crippen molar-refractivity contribution in [1.82, 2.24) is 9.80 Å². The lowest BCUT2D eigenvalue weighted by molar-refractivity contribution is -0.153. The maximum atomic E-state index is 12.5. The highest BCUT2D eigenvalue weighted by Crippen LogP contribution is 2.27. The molecule has 3 fully saturated rings. The topological polar surface area (TPSA) is 59.1 Å². The molecule has 3 atom stereocenters. The molecule has 0 N–H and O–H groups in total. The molecule has 1 unspecified atom stereocenters. The SMILES string of the molecule is CC(C)CN1C(=O)CO[C@@H]2CN(C(=O)C3CCOC3)C[C@H]21. The van der Waals surface area contributed by atoms with E-state index in [2.05, 4.69) is 13.8 Å². The van der Waals surface area contributed by atoms with Crippen LogP contribution in [0.15, 0.2) is 0 Å². The van der Waals surface area contributed by atoms with E-state index in [1.165, 1.54) is 0 Å². The molecule has 0 aromatic rings. The zero-order valence-corrected chi connectivity index (χ0v) is 12.8.